The Balaban J connectivity index is 1.73. The summed E-state index contributed by atoms with van der Waals surface area (Å²) in [5.41, 5.74) is 1.71. The highest BCUT2D eigenvalue weighted by molar-refractivity contribution is 7.12. The van der Waals surface area contributed by atoms with E-state index in [4.69, 9.17) is 4.74 Å². The van der Waals surface area contributed by atoms with E-state index in [9.17, 15) is 9.59 Å². The molecule has 1 aliphatic carbocycles. The van der Waals surface area contributed by atoms with Gasteiger partial charge in [-0.3, -0.25) is 9.59 Å². The molecule has 0 bridgehead atoms. The summed E-state index contributed by atoms with van der Waals surface area (Å²) >= 11 is 1.39. The van der Waals surface area contributed by atoms with Gasteiger partial charge < -0.3 is 15.0 Å². The first-order chi connectivity index (χ1) is 16.2. The molecule has 5 nitrogen and oxygen atoms in total. The lowest BCUT2D eigenvalue weighted by molar-refractivity contribution is -0.127. The van der Waals surface area contributed by atoms with Crippen LogP contribution in [0.1, 0.15) is 58.9 Å². The molecule has 0 radical (unpaired) electrons. The maximum absolute atomic E-state index is 13.8. The maximum atomic E-state index is 13.8. The molecule has 1 aromatic heterocycles. The number of methoxy groups -OCH3 is 1. The second kappa shape index (κ2) is 11.1. The number of amides is 2. The second-order valence-electron chi connectivity index (χ2n) is 8.42. The van der Waals surface area contributed by atoms with E-state index in [1.165, 1.54) is 17.8 Å². The minimum absolute atomic E-state index is 0.143. The fraction of sp³-hybridized carbons (Fsp3) is 0.333. The third kappa shape index (κ3) is 5.82. The number of ether oxygens (including phenoxy) is 1. The van der Waals surface area contributed by atoms with Crippen molar-refractivity contribution in [3.05, 3.63) is 88.1 Å². The number of benzene rings is 2. The van der Waals surface area contributed by atoms with Gasteiger partial charge in [-0.15, -0.1) is 11.3 Å². The standard InChI is InChI=1S/C27H30N2O3S/c1-32-23-15-8-12-21(18-23)25(26(30)28-22-13-6-3-7-14-22)29(19-20-10-4-2-5-11-20)27(31)24-16-9-17-33-24/h2,4-5,8-12,15-18,22,25H,3,6-7,13-14,19H2,1H3,(H,28,30). The Morgan fingerprint density at radius 2 is 1.82 bits per heavy atom. The SMILES string of the molecule is COc1cccc(C(C(=O)NC2CCCCC2)N(Cc2ccccc2)C(=O)c2cccs2)c1. The van der Waals surface area contributed by atoms with E-state index in [1.807, 2.05) is 72.1 Å². The molecular weight excluding hydrogens is 432 g/mol. The summed E-state index contributed by atoms with van der Waals surface area (Å²) in [7, 11) is 1.61. The predicted octanol–water partition coefficient (Wildman–Crippen LogP) is 5.59. The van der Waals surface area contributed by atoms with Crippen LogP contribution in [0.15, 0.2) is 72.1 Å². The molecule has 1 saturated carbocycles. The van der Waals surface area contributed by atoms with Gasteiger partial charge in [-0.2, -0.15) is 0 Å². The zero-order chi connectivity index (χ0) is 23.0. The monoisotopic (exact) mass is 462 g/mol. The van der Waals surface area contributed by atoms with E-state index < -0.39 is 6.04 Å². The maximum Gasteiger partial charge on any atom is 0.265 e. The molecule has 1 heterocycles. The van der Waals surface area contributed by atoms with Crippen LogP contribution in [-0.4, -0.2) is 29.9 Å². The van der Waals surface area contributed by atoms with E-state index in [0.717, 1.165) is 36.8 Å². The number of hydrogen-bond acceptors (Lipinski definition) is 4. The fourth-order valence-electron chi connectivity index (χ4n) is 4.41. The molecule has 1 unspecified atom stereocenters. The lowest BCUT2D eigenvalue weighted by Crippen LogP contribution is -2.46. The molecule has 0 spiro atoms. The summed E-state index contributed by atoms with van der Waals surface area (Å²) in [6, 6.07) is 20.3. The summed E-state index contributed by atoms with van der Waals surface area (Å²) in [5, 5.41) is 5.14. The Kier molecular flexibility index (Phi) is 7.79. The lowest BCUT2D eigenvalue weighted by Gasteiger charge is -2.33. The van der Waals surface area contributed by atoms with Gasteiger partial charge in [-0.1, -0.05) is 67.8 Å². The quantitative estimate of drug-likeness (QED) is 0.475. The van der Waals surface area contributed by atoms with Gasteiger partial charge in [0.2, 0.25) is 5.91 Å². The average Bonchev–Trinajstić information content (AvgIpc) is 3.40. The minimum Gasteiger partial charge on any atom is -0.497 e. The Morgan fingerprint density at radius 1 is 1.03 bits per heavy atom. The molecule has 6 heteroatoms. The van der Waals surface area contributed by atoms with E-state index in [1.54, 1.807) is 12.0 Å². The van der Waals surface area contributed by atoms with Gasteiger partial charge in [0, 0.05) is 12.6 Å². The molecule has 0 saturated heterocycles. The topological polar surface area (TPSA) is 58.6 Å². The number of hydrogen-bond donors (Lipinski definition) is 1. The zero-order valence-electron chi connectivity index (χ0n) is 18.9. The largest absolute Gasteiger partial charge is 0.497 e. The highest BCUT2D eigenvalue weighted by Crippen LogP contribution is 2.30. The van der Waals surface area contributed by atoms with Gasteiger partial charge >= 0.3 is 0 Å². The Hall–Kier alpha value is -3.12. The van der Waals surface area contributed by atoms with Crippen molar-refractivity contribution in [2.75, 3.05) is 7.11 Å². The number of nitrogens with zero attached hydrogens (tertiary/aromatic N) is 1. The molecule has 4 rings (SSSR count). The Morgan fingerprint density at radius 3 is 2.52 bits per heavy atom. The van der Waals surface area contributed by atoms with Crippen molar-refractivity contribution in [1.29, 1.82) is 0 Å². The van der Waals surface area contributed by atoms with Crippen LogP contribution in [0.2, 0.25) is 0 Å². The Bertz CT molecular complexity index is 1050. The molecule has 33 heavy (non-hydrogen) atoms. The second-order valence-corrected chi connectivity index (χ2v) is 9.37. The van der Waals surface area contributed by atoms with Gasteiger partial charge in [0.15, 0.2) is 0 Å². The van der Waals surface area contributed by atoms with Crippen molar-refractivity contribution in [2.24, 2.45) is 0 Å². The van der Waals surface area contributed by atoms with Crippen LogP contribution in [0, 0.1) is 0 Å². The van der Waals surface area contributed by atoms with Crippen LogP contribution in [0.5, 0.6) is 5.75 Å². The average molecular weight is 463 g/mol. The molecule has 1 aliphatic rings. The van der Waals surface area contributed by atoms with E-state index in [2.05, 4.69) is 5.32 Å². The number of rotatable bonds is 8. The van der Waals surface area contributed by atoms with Gasteiger partial charge in [0.25, 0.3) is 5.91 Å². The third-order valence-corrected chi connectivity index (χ3v) is 6.97. The first-order valence-corrected chi connectivity index (χ1v) is 12.4. The summed E-state index contributed by atoms with van der Waals surface area (Å²) in [5.74, 6) is 0.364. The number of carbonyl (C=O) groups is 2. The van der Waals surface area contributed by atoms with E-state index in [0.29, 0.717) is 17.2 Å². The van der Waals surface area contributed by atoms with Crippen molar-refractivity contribution < 1.29 is 14.3 Å². The van der Waals surface area contributed by atoms with Crippen LogP contribution in [0.3, 0.4) is 0 Å². The normalized spacial score (nSPS) is 14.9. The van der Waals surface area contributed by atoms with Crippen LogP contribution >= 0.6 is 11.3 Å². The number of carbonyl (C=O) groups excluding carboxylic acids is 2. The predicted molar refractivity (Wildman–Crippen MR) is 131 cm³/mol. The van der Waals surface area contributed by atoms with Crippen molar-refractivity contribution in [1.82, 2.24) is 10.2 Å². The van der Waals surface area contributed by atoms with Crippen LogP contribution in [0.4, 0.5) is 0 Å². The smallest absolute Gasteiger partial charge is 0.265 e. The van der Waals surface area contributed by atoms with Crippen molar-refractivity contribution in [3.63, 3.8) is 0 Å². The first-order valence-electron chi connectivity index (χ1n) is 11.5. The van der Waals surface area contributed by atoms with Crippen molar-refractivity contribution >= 4 is 23.2 Å². The molecular formula is C27H30N2O3S. The van der Waals surface area contributed by atoms with Crippen molar-refractivity contribution in [2.45, 2.75) is 50.7 Å². The number of thiophene rings is 1. The first kappa shape index (κ1) is 23.1. The van der Waals surface area contributed by atoms with Gasteiger partial charge in [-0.05, 0) is 47.5 Å². The summed E-state index contributed by atoms with van der Waals surface area (Å²) < 4.78 is 5.43. The summed E-state index contributed by atoms with van der Waals surface area (Å²) in [6.07, 6.45) is 5.41. The molecule has 0 aliphatic heterocycles. The Labute approximate surface area is 199 Å². The molecule has 1 fully saturated rings. The third-order valence-electron chi connectivity index (χ3n) is 6.11. The van der Waals surface area contributed by atoms with Crippen LogP contribution in [0.25, 0.3) is 0 Å². The molecule has 2 amide bonds. The molecule has 2 aromatic carbocycles. The fourth-order valence-corrected chi connectivity index (χ4v) is 5.09. The highest BCUT2D eigenvalue weighted by atomic mass is 32.1. The van der Waals surface area contributed by atoms with Gasteiger partial charge in [-0.25, -0.2) is 0 Å². The lowest BCUT2D eigenvalue weighted by atomic mass is 9.94. The summed E-state index contributed by atoms with van der Waals surface area (Å²) in [6.45, 7) is 0.331. The van der Waals surface area contributed by atoms with Gasteiger partial charge in [0.1, 0.15) is 11.8 Å². The summed E-state index contributed by atoms with van der Waals surface area (Å²) in [4.78, 5) is 29.8. The van der Waals surface area contributed by atoms with Crippen LogP contribution in [-0.2, 0) is 11.3 Å². The number of nitrogens with one attached hydrogen (secondary N) is 1. The highest BCUT2D eigenvalue weighted by Gasteiger charge is 2.34. The van der Waals surface area contributed by atoms with Gasteiger partial charge in [0.05, 0.1) is 12.0 Å². The van der Waals surface area contributed by atoms with Crippen LogP contribution < -0.4 is 10.1 Å². The zero-order valence-corrected chi connectivity index (χ0v) is 19.7. The van der Waals surface area contributed by atoms with Crippen molar-refractivity contribution in [3.8, 4) is 5.75 Å². The minimum atomic E-state index is -0.767. The molecule has 1 N–H and O–H groups in total. The van der Waals surface area contributed by atoms with E-state index >= 15 is 0 Å². The molecule has 1 atom stereocenters. The molecule has 3 aromatic rings. The molecule has 172 valence electrons. The van der Waals surface area contributed by atoms with E-state index in [-0.39, 0.29) is 17.9 Å².